The smallest absolute Gasteiger partial charge is 0.232 e. The van der Waals surface area contributed by atoms with Gasteiger partial charge in [0.25, 0.3) is 0 Å². The minimum atomic E-state index is -0.110. The highest BCUT2D eigenvalue weighted by molar-refractivity contribution is 5.95. The minimum Gasteiger partial charge on any atom is -0.294 e. The highest BCUT2D eigenvalue weighted by Crippen LogP contribution is 2.50. The molecule has 1 aromatic rings. The zero-order valence-electron chi connectivity index (χ0n) is 8.21. The second-order valence-corrected chi connectivity index (χ2v) is 3.82. The molecule has 0 spiro atoms. The number of anilines is 1. The van der Waals surface area contributed by atoms with Crippen LogP contribution in [0.25, 0.3) is 0 Å². The maximum absolute atomic E-state index is 11.8. The van der Waals surface area contributed by atoms with Gasteiger partial charge in [0.05, 0.1) is 0 Å². The topological polar surface area (TPSA) is 70.7 Å². The van der Waals surface area contributed by atoms with E-state index in [9.17, 15) is 4.79 Å². The Balaban J connectivity index is 1.96. The molecule has 5 nitrogen and oxygen atoms in total. The summed E-state index contributed by atoms with van der Waals surface area (Å²) < 4.78 is 0. The quantitative estimate of drug-likeness (QED) is 0.759. The van der Waals surface area contributed by atoms with Crippen molar-refractivity contribution in [1.82, 2.24) is 15.2 Å². The van der Waals surface area contributed by atoms with Crippen LogP contribution >= 0.6 is 0 Å². The lowest BCUT2D eigenvalue weighted by Crippen LogP contribution is -2.24. The van der Waals surface area contributed by atoms with Crippen LogP contribution in [0.1, 0.15) is 32.6 Å². The van der Waals surface area contributed by atoms with Crippen molar-refractivity contribution in [3.05, 3.63) is 6.33 Å². The van der Waals surface area contributed by atoms with Crippen LogP contribution in [-0.2, 0) is 4.79 Å². The molecular formula is C9H14N4O. The molecule has 0 atom stereocenters. The summed E-state index contributed by atoms with van der Waals surface area (Å²) in [4.78, 5) is 15.6. The first-order valence-electron chi connectivity index (χ1n) is 4.94. The summed E-state index contributed by atoms with van der Waals surface area (Å²) >= 11 is 0. The van der Waals surface area contributed by atoms with Gasteiger partial charge >= 0.3 is 0 Å². The van der Waals surface area contributed by atoms with Gasteiger partial charge in [-0.2, -0.15) is 10.1 Å². The molecule has 1 aliphatic carbocycles. The lowest BCUT2D eigenvalue weighted by molar-refractivity contribution is -0.121. The molecule has 2 rings (SSSR count). The van der Waals surface area contributed by atoms with E-state index in [1.807, 2.05) is 0 Å². The second-order valence-electron chi connectivity index (χ2n) is 3.82. The first-order valence-corrected chi connectivity index (χ1v) is 4.94. The zero-order chi connectivity index (χ0) is 10.0. The monoisotopic (exact) mass is 194 g/mol. The van der Waals surface area contributed by atoms with E-state index in [1.165, 1.54) is 6.33 Å². The van der Waals surface area contributed by atoms with Gasteiger partial charge in [-0.15, -0.1) is 0 Å². The summed E-state index contributed by atoms with van der Waals surface area (Å²) in [6.07, 6.45) is 5.40. The predicted octanol–water partition coefficient (Wildman–Crippen LogP) is 1.32. The molecule has 1 fully saturated rings. The summed E-state index contributed by atoms with van der Waals surface area (Å²) in [6, 6.07) is 0. The van der Waals surface area contributed by atoms with Gasteiger partial charge < -0.3 is 0 Å². The number of H-pyrrole nitrogens is 1. The number of hydrogen-bond acceptors (Lipinski definition) is 3. The highest BCUT2D eigenvalue weighted by Gasteiger charge is 2.48. The van der Waals surface area contributed by atoms with Crippen LogP contribution in [0.3, 0.4) is 0 Å². The van der Waals surface area contributed by atoms with E-state index in [0.29, 0.717) is 5.95 Å². The van der Waals surface area contributed by atoms with Crippen molar-refractivity contribution in [2.45, 2.75) is 32.6 Å². The molecule has 0 bridgehead atoms. The molecule has 0 saturated heterocycles. The first-order chi connectivity index (χ1) is 6.77. The maximum atomic E-state index is 11.8. The molecule has 1 saturated carbocycles. The third kappa shape index (κ3) is 1.62. The van der Waals surface area contributed by atoms with Gasteiger partial charge in [-0.05, 0) is 19.3 Å². The van der Waals surface area contributed by atoms with Crippen LogP contribution in [0.5, 0.6) is 0 Å². The zero-order valence-corrected chi connectivity index (χ0v) is 8.21. The highest BCUT2D eigenvalue weighted by atomic mass is 16.2. The average molecular weight is 194 g/mol. The Morgan fingerprint density at radius 2 is 2.50 bits per heavy atom. The minimum absolute atomic E-state index is 0.0797. The van der Waals surface area contributed by atoms with Crippen molar-refractivity contribution in [3.63, 3.8) is 0 Å². The number of carbonyl (C=O) groups excluding carboxylic acids is 1. The molecule has 5 heteroatoms. The molecule has 1 heterocycles. The van der Waals surface area contributed by atoms with E-state index in [1.54, 1.807) is 0 Å². The lowest BCUT2D eigenvalue weighted by Gasteiger charge is -2.11. The second kappa shape index (κ2) is 3.40. The molecule has 0 aromatic carbocycles. The number of amides is 1. The Bertz CT molecular complexity index is 316. The van der Waals surface area contributed by atoms with Crippen LogP contribution in [-0.4, -0.2) is 21.1 Å². The van der Waals surface area contributed by atoms with Crippen LogP contribution < -0.4 is 5.32 Å². The van der Waals surface area contributed by atoms with Crippen LogP contribution in [0, 0.1) is 5.41 Å². The van der Waals surface area contributed by atoms with Crippen molar-refractivity contribution in [3.8, 4) is 0 Å². The largest absolute Gasteiger partial charge is 0.294 e. The number of carbonyl (C=O) groups is 1. The summed E-state index contributed by atoms with van der Waals surface area (Å²) in [6.45, 7) is 2.10. The fourth-order valence-electron chi connectivity index (χ4n) is 1.73. The van der Waals surface area contributed by atoms with Crippen molar-refractivity contribution >= 4 is 11.9 Å². The number of aromatic amines is 1. The van der Waals surface area contributed by atoms with E-state index >= 15 is 0 Å². The molecule has 2 N–H and O–H groups in total. The summed E-state index contributed by atoms with van der Waals surface area (Å²) in [5.74, 6) is 0.522. The molecule has 1 aromatic heterocycles. The lowest BCUT2D eigenvalue weighted by atomic mass is 10.00. The molecule has 0 radical (unpaired) electrons. The Kier molecular flexibility index (Phi) is 2.23. The predicted molar refractivity (Wildman–Crippen MR) is 51.6 cm³/mol. The number of aromatic nitrogens is 3. The number of nitrogens with one attached hydrogen (secondary N) is 2. The van der Waals surface area contributed by atoms with Crippen molar-refractivity contribution in [2.24, 2.45) is 5.41 Å². The van der Waals surface area contributed by atoms with Gasteiger partial charge in [0.1, 0.15) is 6.33 Å². The molecule has 1 aliphatic rings. The van der Waals surface area contributed by atoms with Crippen LogP contribution in [0.4, 0.5) is 5.95 Å². The van der Waals surface area contributed by atoms with Crippen LogP contribution in [0.2, 0.25) is 0 Å². The van der Waals surface area contributed by atoms with E-state index in [-0.39, 0.29) is 11.3 Å². The Hall–Kier alpha value is -1.39. The Morgan fingerprint density at radius 3 is 3.00 bits per heavy atom. The van der Waals surface area contributed by atoms with Crippen molar-refractivity contribution in [2.75, 3.05) is 5.32 Å². The summed E-state index contributed by atoms with van der Waals surface area (Å²) in [5.41, 5.74) is -0.110. The standard InChI is InChI=1S/C9H14N4O/c1-2-3-9(4-5-9)7(14)12-8-10-6-11-13-8/h6H,2-5H2,1H3,(H2,10,11,12,13,14). The number of hydrogen-bond donors (Lipinski definition) is 2. The fraction of sp³-hybridized carbons (Fsp3) is 0.667. The molecule has 76 valence electrons. The third-order valence-corrected chi connectivity index (χ3v) is 2.71. The molecule has 1 amide bonds. The van der Waals surface area contributed by atoms with Crippen molar-refractivity contribution in [1.29, 1.82) is 0 Å². The van der Waals surface area contributed by atoms with E-state index in [4.69, 9.17) is 0 Å². The SMILES string of the molecule is CCCC1(C(=O)Nc2ncn[nH]2)CC1. The van der Waals surface area contributed by atoms with Crippen LogP contribution in [0.15, 0.2) is 6.33 Å². The first kappa shape index (κ1) is 9.18. The third-order valence-electron chi connectivity index (χ3n) is 2.71. The number of rotatable bonds is 4. The van der Waals surface area contributed by atoms with Gasteiger partial charge in [-0.3, -0.25) is 10.1 Å². The molecular weight excluding hydrogens is 180 g/mol. The van der Waals surface area contributed by atoms with E-state index in [0.717, 1.165) is 25.7 Å². The van der Waals surface area contributed by atoms with Gasteiger partial charge in [-0.25, -0.2) is 5.10 Å². The van der Waals surface area contributed by atoms with Gasteiger partial charge in [-0.1, -0.05) is 13.3 Å². The summed E-state index contributed by atoms with van der Waals surface area (Å²) in [7, 11) is 0. The van der Waals surface area contributed by atoms with Gasteiger partial charge in [0.2, 0.25) is 11.9 Å². The molecule has 0 unspecified atom stereocenters. The molecule has 0 aliphatic heterocycles. The average Bonchev–Trinajstić information content (AvgIpc) is 2.77. The molecule has 14 heavy (non-hydrogen) atoms. The van der Waals surface area contributed by atoms with Gasteiger partial charge in [0.15, 0.2) is 0 Å². The van der Waals surface area contributed by atoms with Gasteiger partial charge in [0, 0.05) is 5.41 Å². The Morgan fingerprint density at radius 1 is 1.71 bits per heavy atom. The van der Waals surface area contributed by atoms with E-state index in [2.05, 4.69) is 27.4 Å². The normalized spacial score (nSPS) is 17.8. The summed E-state index contributed by atoms with van der Waals surface area (Å²) in [5, 5.41) is 9.03. The number of nitrogens with zero attached hydrogens (tertiary/aromatic N) is 2. The fourth-order valence-corrected chi connectivity index (χ4v) is 1.73. The maximum Gasteiger partial charge on any atom is 0.232 e. The van der Waals surface area contributed by atoms with Crippen molar-refractivity contribution < 1.29 is 4.79 Å². The van der Waals surface area contributed by atoms with E-state index < -0.39 is 0 Å². The Labute approximate surface area is 82.3 Å².